The first kappa shape index (κ1) is 22.5. The van der Waals surface area contributed by atoms with E-state index >= 15 is 0 Å². The molecule has 0 unspecified atom stereocenters. The molecule has 0 fully saturated rings. The molecule has 0 saturated carbocycles. The quantitative estimate of drug-likeness (QED) is 0.503. The lowest BCUT2D eigenvalue weighted by atomic mass is 10.1. The maximum Gasteiger partial charge on any atom is 0.421 e. The van der Waals surface area contributed by atoms with Crippen LogP contribution in [0.3, 0.4) is 0 Å². The molecule has 0 atom stereocenters. The van der Waals surface area contributed by atoms with E-state index in [0.29, 0.717) is 16.3 Å². The van der Waals surface area contributed by atoms with E-state index in [-0.39, 0.29) is 31.3 Å². The molecule has 0 radical (unpaired) electrons. The van der Waals surface area contributed by atoms with Crippen LogP contribution in [0.5, 0.6) is 0 Å². The number of aliphatic hydroxyl groups excluding tert-OH is 1. The summed E-state index contributed by atoms with van der Waals surface area (Å²) in [6, 6.07) is 12.4. The van der Waals surface area contributed by atoms with E-state index in [0.717, 1.165) is 29.2 Å². The molecule has 0 spiro atoms. The van der Waals surface area contributed by atoms with Crippen LogP contribution >= 0.6 is 11.6 Å². The van der Waals surface area contributed by atoms with Gasteiger partial charge >= 0.3 is 12.3 Å². The number of carbonyl (C=O) groups is 1. The van der Waals surface area contributed by atoms with E-state index in [1.807, 2.05) is 0 Å². The second-order valence-electron chi connectivity index (χ2n) is 6.32. The van der Waals surface area contributed by atoms with Crippen molar-refractivity contribution in [3.8, 4) is 11.3 Å². The molecule has 3 aromatic rings. The Morgan fingerprint density at radius 2 is 1.87 bits per heavy atom. The van der Waals surface area contributed by atoms with Gasteiger partial charge < -0.3 is 9.84 Å². The number of alkyl halides is 3. The van der Waals surface area contributed by atoms with Gasteiger partial charge in [0, 0.05) is 29.8 Å². The summed E-state index contributed by atoms with van der Waals surface area (Å²) in [5.74, 6) is -0.0915. The molecular formula is C21H17ClF3N3O3. The summed E-state index contributed by atoms with van der Waals surface area (Å²) in [4.78, 5) is 22.1. The van der Waals surface area contributed by atoms with Gasteiger partial charge in [-0.05, 0) is 42.5 Å². The monoisotopic (exact) mass is 451 g/mol. The average Bonchev–Trinajstić information content (AvgIpc) is 2.74. The zero-order valence-corrected chi connectivity index (χ0v) is 16.8. The predicted octanol–water partition coefficient (Wildman–Crippen LogP) is 5.47. The van der Waals surface area contributed by atoms with Crippen molar-refractivity contribution in [1.82, 2.24) is 9.97 Å². The Morgan fingerprint density at radius 1 is 1.13 bits per heavy atom. The highest BCUT2D eigenvalue weighted by atomic mass is 35.5. The number of rotatable bonds is 6. The Labute approximate surface area is 180 Å². The van der Waals surface area contributed by atoms with E-state index < -0.39 is 17.8 Å². The van der Waals surface area contributed by atoms with Crippen LogP contribution in [0.4, 0.5) is 29.6 Å². The van der Waals surface area contributed by atoms with Gasteiger partial charge in [-0.3, -0.25) is 0 Å². The van der Waals surface area contributed by atoms with Crippen molar-refractivity contribution < 1.29 is 27.8 Å². The lowest BCUT2D eigenvalue weighted by molar-refractivity contribution is -0.137. The van der Waals surface area contributed by atoms with Gasteiger partial charge in [0.2, 0.25) is 5.95 Å². The van der Waals surface area contributed by atoms with Crippen molar-refractivity contribution in [3.05, 3.63) is 71.4 Å². The van der Waals surface area contributed by atoms with Gasteiger partial charge in [0.05, 0.1) is 23.6 Å². The van der Waals surface area contributed by atoms with Crippen LogP contribution in [0.15, 0.2) is 60.8 Å². The SMILES string of the molecule is O=C(OCCCO)N(c1ccc(C(F)(F)F)cc1)c1nccc(-c2cccc(Cl)c2)n1. The van der Waals surface area contributed by atoms with E-state index in [1.54, 1.807) is 30.3 Å². The Balaban J connectivity index is 2.00. The molecule has 10 heteroatoms. The maximum atomic E-state index is 12.9. The van der Waals surface area contributed by atoms with Crippen LogP contribution in [-0.4, -0.2) is 34.4 Å². The summed E-state index contributed by atoms with van der Waals surface area (Å²) in [6.07, 6.45) is -3.79. The summed E-state index contributed by atoms with van der Waals surface area (Å²) in [6.45, 7) is -0.269. The molecule has 0 bridgehead atoms. The first-order chi connectivity index (χ1) is 14.8. The standard InChI is InChI=1S/C21H17ClF3N3O3/c22-16-4-1-3-14(13-16)18-9-10-26-19(27-18)28(20(30)31-12-2-11-29)17-7-5-15(6-8-17)21(23,24)25/h1,3-10,13,29H,2,11-12H2. The van der Waals surface area contributed by atoms with Gasteiger partial charge in [0.15, 0.2) is 0 Å². The Bertz CT molecular complexity index is 1050. The molecule has 1 N–H and O–H groups in total. The first-order valence-electron chi connectivity index (χ1n) is 9.13. The smallest absolute Gasteiger partial charge is 0.421 e. The number of aliphatic hydroxyl groups is 1. The second kappa shape index (κ2) is 9.76. The van der Waals surface area contributed by atoms with Crippen LogP contribution < -0.4 is 4.90 Å². The molecule has 6 nitrogen and oxygen atoms in total. The Morgan fingerprint density at radius 3 is 2.52 bits per heavy atom. The second-order valence-corrected chi connectivity index (χ2v) is 6.76. The summed E-state index contributed by atoms with van der Waals surface area (Å²) in [5, 5.41) is 9.38. The average molecular weight is 452 g/mol. The van der Waals surface area contributed by atoms with Gasteiger partial charge in [-0.1, -0.05) is 23.7 Å². The van der Waals surface area contributed by atoms with Crippen molar-refractivity contribution in [2.45, 2.75) is 12.6 Å². The number of ether oxygens (including phenoxy) is 1. The third-order valence-electron chi connectivity index (χ3n) is 4.13. The van der Waals surface area contributed by atoms with E-state index in [2.05, 4.69) is 9.97 Å². The summed E-state index contributed by atoms with van der Waals surface area (Å²) < 4.78 is 43.9. The number of nitrogens with zero attached hydrogens (tertiary/aromatic N) is 3. The fourth-order valence-corrected chi connectivity index (χ4v) is 2.85. The Kier molecular flexibility index (Phi) is 7.09. The molecule has 1 amide bonds. The number of amides is 1. The first-order valence-corrected chi connectivity index (χ1v) is 9.51. The molecule has 1 aromatic heterocycles. The molecule has 1 heterocycles. The van der Waals surface area contributed by atoms with Gasteiger partial charge in [-0.15, -0.1) is 0 Å². The molecule has 2 aromatic carbocycles. The normalized spacial score (nSPS) is 11.3. The van der Waals surface area contributed by atoms with Crippen LogP contribution in [0.1, 0.15) is 12.0 Å². The van der Waals surface area contributed by atoms with Crippen molar-refractivity contribution in [3.63, 3.8) is 0 Å². The van der Waals surface area contributed by atoms with Gasteiger partial charge in [0.1, 0.15) is 0 Å². The number of carbonyl (C=O) groups excluding carboxylic acids is 1. The van der Waals surface area contributed by atoms with Crippen molar-refractivity contribution in [2.75, 3.05) is 18.1 Å². The van der Waals surface area contributed by atoms with Gasteiger partial charge in [0.25, 0.3) is 0 Å². The fraction of sp³-hybridized carbons (Fsp3) is 0.190. The van der Waals surface area contributed by atoms with Gasteiger partial charge in [-0.2, -0.15) is 13.2 Å². The summed E-state index contributed by atoms with van der Waals surface area (Å²) in [5.41, 5.74) is 0.341. The predicted molar refractivity (Wildman–Crippen MR) is 109 cm³/mol. The van der Waals surface area contributed by atoms with Crippen LogP contribution in [0.25, 0.3) is 11.3 Å². The lowest BCUT2D eigenvalue weighted by Crippen LogP contribution is -2.29. The highest BCUT2D eigenvalue weighted by Crippen LogP contribution is 2.32. The minimum atomic E-state index is -4.52. The molecule has 0 aliphatic rings. The molecule has 0 aliphatic carbocycles. The van der Waals surface area contributed by atoms with Crippen molar-refractivity contribution in [2.24, 2.45) is 0 Å². The third-order valence-corrected chi connectivity index (χ3v) is 4.36. The molecule has 162 valence electrons. The zero-order valence-electron chi connectivity index (χ0n) is 16.0. The largest absolute Gasteiger partial charge is 0.449 e. The van der Waals surface area contributed by atoms with E-state index in [9.17, 15) is 18.0 Å². The topological polar surface area (TPSA) is 75.6 Å². The van der Waals surface area contributed by atoms with E-state index in [4.69, 9.17) is 21.4 Å². The van der Waals surface area contributed by atoms with Crippen LogP contribution in [0.2, 0.25) is 5.02 Å². The molecule has 0 aliphatic heterocycles. The minimum Gasteiger partial charge on any atom is -0.449 e. The van der Waals surface area contributed by atoms with Crippen LogP contribution in [-0.2, 0) is 10.9 Å². The number of benzene rings is 2. The fourth-order valence-electron chi connectivity index (χ4n) is 2.66. The number of hydrogen-bond donors (Lipinski definition) is 1. The van der Waals surface area contributed by atoms with E-state index in [1.165, 1.54) is 6.20 Å². The van der Waals surface area contributed by atoms with Gasteiger partial charge in [-0.25, -0.2) is 19.7 Å². The number of anilines is 2. The summed E-state index contributed by atoms with van der Waals surface area (Å²) in [7, 11) is 0. The number of hydrogen-bond acceptors (Lipinski definition) is 5. The van der Waals surface area contributed by atoms with Crippen molar-refractivity contribution in [1.29, 1.82) is 0 Å². The summed E-state index contributed by atoms with van der Waals surface area (Å²) >= 11 is 6.03. The molecular weight excluding hydrogens is 435 g/mol. The maximum absolute atomic E-state index is 12.9. The van der Waals surface area contributed by atoms with Crippen molar-refractivity contribution >= 4 is 29.3 Å². The highest BCUT2D eigenvalue weighted by molar-refractivity contribution is 6.30. The molecule has 31 heavy (non-hydrogen) atoms. The zero-order chi connectivity index (χ0) is 22.4. The Hall–Kier alpha value is -3.17. The number of halogens is 4. The van der Waals surface area contributed by atoms with Crippen LogP contribution in [0, 0.1) is 0 Å². The third kappa shape index (κ3) is 5.71. The molecule has 3 rings (SSSR count). The number of aromatic nitrogens is 2. The lowest BCUT2D eigenvalue weighted by Gasteiger charge is -2.21. The minimum absolute atomic E-state index is 0.0829. The highest BCUT2D eigenvalue weighted by Gasteiger charge is 2.31. The molecule has 0 saturated heterocycles.